The average molecular weight is 306 g/mol. The maximum Gasteiger partial charge on any atom is 0.309 e. The largest absolute Gasteiger partial charge is 0.381 e. The van der Waals surface area contributed by atoms with Crippen LogP contribution in [0.15, 0.2) is 30.3 Å². The van der Waals surface area contributed by atoms with Crippen LogP contribution in [0.2, 0.25) is 0 Å². The smallest absolute Gasteiger partial charge is 0.309 e. The van der Waals surface area contributed by atoms with Crippen LogP contribution >= 0.6 is 0 Å². The fraction of sp³-hybridized carbons (Fsp3) is 0.529. The van der Waals surface area contributed by atoms with Crippen LogP contribution in [-0.4, -0.2) is 31.6 Å². The van der Waals surface area contributed by atoms with Crippen molar-refractivity contribution >= 4 is 11.8 Å². The van der Waals surface area contributed by atoms with Crippen LogP contribution < -0.4 is 10.6 Å². The second kappa shape index (κ2) is 10.8. The monoisotopic (exact) mass is 306 g/mol. The van der Waals surface area contributed by atoms with Gasteiger partial charge in [-0.2, -0.15) is 0 Å². The normalized spacial score (nSPS) is 11.7. The van der Waals surface area contributed by atoms with E-state index in [0.29, 0.717) is 19.6 Å². The first kappa shape index (κ1) is 18.2. The maximum absolute atomic E-state index is 11.8. The van der Waals surface area contributed by atoms with Gasteiger partial charge in [-0.1, -0.05) is 43.7 Å². The van der Waals surface area contributed by atoms with Crippen LogP contribution in [0.25, 0.3) is 0 Å². The number of carbonyl (C=O) groups excluding carboxylic acids is 2. The van der Waals surface area contributed by atoms with Gasteiger partial charge in [-0.05, 0) is 25.3 Å². The van der Waals surface area contributed by atoms with Crippen molar-refractivity contribution in [3.05, 3.63) is 35.9 Å². The lowest BCUT2D eigenvalue weighted by atomic mass is 10.1. The molecule has 1 aromatic rings. The Balaban J connectivity index is 2.18. The van der Waals surface area contributed by atoms with Gasteiger partial charge in [0.15, 0.2) is 0 Å². The molecule has 0 bridgehead atoms. The fourth-order valence-corrected chi connectivity index (χ4v) is 1.89. The van der Waals surface area contributed by atoms with E-state index >= 15 is 0 Å². The molecule has 0 spiro atoms. The molecular weight excluding hydrogens is 280 g/mol. The highest BCUT2D eigenvalue weighted by atomic mass is 16.5. The van der Waals surface area contributed by atoms with Gasteiger partial charge in [0, 0.05) is 19.8 Å². The van der Waals surface area contributed by atoms with Crippen LogP contribution in [0.3, 0.4) is 0 Å². The molecule has 5 nitrogen and oxygen atoms in total. The SMILES string of the molecule is CCCCOCCCNC(=O)C(=O)NC(C)c1ccccc1. The molecule has 22 heavy (non-hydrogen) atoms. The Morgan fingerprint density at radius 3 is 2.45 bits per heavy atom. The van der Waals surface area contributed by atoms with Gasteiger partial charge in [-0.3, -0.25) is 9.59 Å². The molecule has 0 saturated carbocycles. The molecule has 1 atom stereocenters. The molecular formula is C17H26N2O3. The Kier molecular flexibility index (Phi) is 8.91. The molecule has 0 aromatic heterocycles. The Bertz CT molecular complexity index is 448. The summed E-state index contributed by atoms with van der Waals surface area (Å²) in [6, 6.07) is 9.34. The quantitative estimate of drug-likeness (QED) is 0.543. The summed E-state index contributed by atoms with van der Waals surface area (Å²) in [5.74, 6) is -1.21. The zero-order valence-electron chi connectivity index (χ0n) is 13.4. The number of nitrogens with one attached hydrogen (secondary N) is 2. The molecule has 122 valence electrons. The second-order valence-corrected chi connectivity index (χ2v) is 5.18. The van der Waals surface area contributed by atoms with Crippen molar-refractivity contribution in [2.24, 2.45) is 0 Å². The van der Waals surface area contributed by atoms with E-state index in [-0.39, 0.29) is 6.04 Å². The van der Waals surface area contributed by atoms with Crippen LogP contribution in [-0.2, 0) is 14.3 Å². The van der Waals surface area contributed by atoms with Gasteiger partial charge in [0.05, 0.1) is 6.04 Å². The van der Waals surface area contributed by atoms with E-state index in [1.54, 1.807) is 0 Å². The number of carbonyl (C=O) groups is 2. The summed E-state index contributed by atoms with van der Waals surface area (Å²) in [6.07, 6.45) is 2.86. The molecule has 0 radical (unpaired) electrons. The number of hydrogen-bond donors (Lipinski definition) is 2. The van der Waals surface area contributed by atoms with Crippen LogP contribution in [0.4, 0.5) is 0 Å². The van der Waals surface area contributed by atoms with Crippen molar-refractivity contribution in [2.75, 3.05) is 19.8 Å². The van der Waals surface area contributed by atoms with E-state index in [1.165, 1.54) is 0 Å². The minimum atomic E-state index is -0.608. The molecule has 2 N–H and O–H groups in total. The highest BCUT2D eigenvalue weighted by molar-refractivity contribution is 6.35. The highest BCUT2D eigenvalue weighted by Gasteiger charge is 2.16. The summed E-state index contributed by atoms with van der Waals surface area (Å²) >= 11 is 0. The van der Waals surface area contributed by atoms with Crippen molar-refractivity contribution in [2.45, 2.75) is 39.2 Å². The molecule has 0 heterocycles. The van der Waals surface area contributed by atoms with E-state index in [1.807, 2.05) is 37.3 Å². The van der Waals surface area contributed by atoms with Crippen molar-refractivity contribution in [3.63, 3.8) is 0 Å². The predicted molar refractivity (Wildman–Crippen MR) is 86.4 cm³/mol. The van der Waals surface area contributed by atoms with Gasteiger partial charge in [0.2, 0.25) is 0 Å². The predicted octanol–water partition coefficient (Wildman–Crippen LogP) is 2.19. The average Bonchev–Trinajstić information content (AvgIpc) is 2.54. The fourth-order valence-electron chi connectivity index (χ4n) is 1.89. The standard InChI is InChI=1S/C17H26N2O3/c1-3-4-12-22-13-8-11-18-16(20)17(21)19-14(2)15-9-6-5-7-10-15/h5-7,9-10,14H,3-4,8,11-13H2,1-2H3,(H,18,20)(H,19,21). The maximum atomic E-state index is 11.8. The van der Waals surface area contributed by atoms with Crippen molar-refractivity contribution in [1.29, 1.82) is 0 Å². The Labute approximate surface area is 132 Å². The van der Waals surface area contributed by atoms with Crippen LogP contribution in [0.5, 0.6) is 0 Å². The lowest BCUT2D eigenvalue weighted by Crippen LogP contribution is -2.41. The summed E-state index contributed by atoms with van der Waals surface area (Å²) in [5, 5.41) is 5.28. The topological polar surface area (TPSA) is 67.4 Å². The Morgan fingerprint density at radius 2 is 1.77 bits per heavy atom. The summed E-state index contributed by atoms with van der Waals surface area (Å²) in [7, 11) is 0. The summed E-state index contributed by atoms with van der Waals surface area (Å²) in [4.78, 5) is 23.5. The van der Waals surface area contributed by atoms with Crippen molar-refractivity contribution in [1.82, 2.24) is 10.6 Å². The number of hydrogen-bond acceptors (Lipinski definition) is 3. The van der Waals surface area contributed by atoms with E-state index < -0.39 is 11.8 Å². The van der Waals surface area contributed by atoms with Gasteiger partial charge in [0.25, 0.3) is 0 Å². The summed E-state index contributed by atoms with van der Waals surface area (Å²) in [5.41, 5.74) is 0.966. The third-order valence-corrected chi connectivity index (χ3v) is 3.25. The lowest BCUT2D eigenvalue weighted by Gasteiger charge is -2.14. The molecule has 2 amide bonds. The number of benzene rings is 1. The molecule has 1 rings (SSSR count). The zero-order valence-corrected chi connectivity index (χ0v) is 13.4. The first-order chi connectivity index (χ1) is 10.6. The van der Waals surface area contributed by atoms with Gasteiger partial charge in [0.1, 0.15) is 0 Å². The second-order valence-electron chi connectivity index (χ2n) is 5.18. The van der Waals surface area contributed by atoms with Crippen LogP contribution in [0.1, 0.15) is 44.7 Å². The molecule has 0 aliphatic heterocycles. The van der Waals surface area contributed by atoms with Crippen molar-refractivity contribution < 1.29 is 14.3 Å². The minimum absolute atomic E-state index is 0.197. The third-order valence-electron chi connectivity index (χ3n) is 3.25. The molecule has 0 saturated heterocycles. The van der Waals surface area contributed by atoms with E-state index in [4.69, 9.17) is 4.74 Å². The number of amides is 2. The van der Waals surface area contributed by atoms with E-state index in [2.05, 4.69) is 17.6 Å². The summed E-state index contributed by atoms with van der Waals surface area (Å²) < 4.78 is 5.39. The molecule has 0 fully saturated rings. The molecule has 5 heteroatoms. The number of unbranched alkanes of at least 4 members (excludes halogenated alkanes) is 1. The molecule has 1 unspecified atom stereocenters. The molecule has 0 aliphatic carbocycles. The lowest BCUT2D eigenvalue weighted by molar-refractivity contribution is -0.139. The molecule has 1 aromatic carbocycles. The first-order valence-electron chi connectivity index (χ1n) is 7.86. The van der Waals surface area contributed by atoms with Crippen LogP contribution in [0, 0.1) is 0 Å². The highest BCUT2D eigenvalue weighted by Crippen LogP contribution is 2.10. The Morgan fingerprint density at radius 1 is 1.09 bits per heavy atom. The first-order valence-corrected chi connectivity index (χ1v) is 7.86. The van der Waals surface area contributed by atoms with Gasteiger partial charge in [-0.25, -0.2) is 0 Å². The van der Waals surface area contributed by atoms with E-state index in [9.17, 15) is 9.59 Å². The minimum Gasteiger partial charge on any atom is -0.381 e. The Hall–Kier alpha value is -1.88. The van der Waals surface area contributed by atoms with Gasteiger partial charge in [-0.15, -0.1) is 0 Å². The number of ether oxygens (including phenoxy) is 1. The third kappa shape index (κ3) is 7.22. The number of rotatable bonds is 9. The zero-order chi connectivity index (χ0) is 16.2. The van der Waals surface area contributed by atoms with Gasteiger partial charge < -0.3 is 15.4 Å². The molecule has 0 aliphatic rings. The van der Waals surface area contributed by atoms with Gasteiger partial charge >= 0.3 is 11.8 Å². The van der Waals surface area contributed by atoms with Crippen molar-refractivity contribution in [3.8, 4) is 0 Å². The summed E-state index contributed by atoms with van der Waals surface area (Å²) in [6.45, 7) is 5.75. The van der Waals surface area contributed by atoms with E-state index in [0.717, 1.165) is 25.0 Å².